The van der Waals surface area contributed by atoms with Gasteiger partial charge in [0.2, 0.25) is 0 Å². The van der Waals surface area contributed by atoms with Crippen LogP contribution < -0.4 is 5.32 Å². The van der Waals surface area contributed by atoms with Crippen molar-refractivity contribution in [2.24, 2.45) is 17.8 Å². The summed E-state index contributed by atoms with van der Waals surface area (Å²) >= 11 is 0. The van der Waals surface area contributed by atoms with E-state index in [1.807, 2.05) is 7.05 Å². The molecule has 0 aromatic carbocycles. The summed E-state index contributed by atoms with van der Waals surface area (Å²) in [4.78, 5) is 0. The van der Waals surface area contributed by atoms with E-state index >= 15 is 0 Å². The molecule has 1 aliphatic rings. The van der Waals surface area contributed by atoms with E-state index in [1.54, 1.807) is 0 Å². The van der Waals surface area contributed by atoms with E-state index in [4.69, 9.17) is 0 Å². The fraction of sp³-hybridized carbons (Fsp3) is 1.00. The Hall–Kier alpha value is 0.110. The van der Waals surface area contributed by atoms with Crippen LogP contribution in [-0.2, 0) is 10.8 Å². The molecule has 18 heavy (non-hydrogen) atoms. The van der Waals surface area contributed by atoms with Crippen LogP contribution in [0, 0.1) is 17.8 Å². The van der Waals surface area contributed by atoms with Crippen LogP contribution in [0.15, 0.2) is 0 Å². The van der Waals surface area contributed by atoms with Crippen LogP contribution in [0.25, 0.3) is 0 Å². The molecule has 5 atom stereocenters. The van der Waals surface area contributed by atoms with Crippen LogP contribution in [0.3, 0.4) is 0 Å². The van der Waals surface area contributed by atoms with Gasteiger partial charge in [-0.05, 0) is 44.1 Å². The predicted octanol–water partition coefficient (Wildman–Crippen LogP) is 3.19. The molecule has 2 nitrogen and oxygen atoms in total. The highest BCUT2D eigenvalue weighted by molar-refractivity contribution is 7.86. The standard InChI is InChI=1S/C15H31NOS/c1-10(2)12(5)18(17)15-9-13(11(3)4)7-8-14(15)16-6/h10-16H,7-9H2,1-6H3. The lowest BCUT2D eigenvalue weighted by Gasteiger charge is -2.38. The number of rotatable bonds is 5. The predicted molar refractivity (Wildman–Crippen MR) is 81.3 cm³/mol. The quantitative estimate of drug-likeness (QED) is 0.833. The zero-order chi connectivity index (χ0) is 13.9. The van der Waals surface area contributed by atoms with Gasteiger partial charge in [-0.2, -0.15) is 0 Å². The summed E-state index contributed by atoms with van der Waals surface area (Å²) in [6.07, 6.45) is 3.60. The zero-order valence-electron chi connectivity index (χ0n) is 12.9. The Morgan fingerprint density at radius 1 is 1.11 bits per heavy atom. The molecule has 108 valence electrons. The minimum atomic E-state index is -0.711. The Morgan fingerprint density at radius 2 is 1.72 bits per heavy atom. The molecule has 0 amide bonds. The van der Waals surface area contributed by atoms with Crippen LogP contribution in [0.2, 0.25) is 0 Å². The van der Waals surface area contributed by atoms with Gasteiger partial charge in [-0.1, -0.05) is 34.6 Å². The van der Waals surface area contributed by atoms with E-state index < -0.39 is 10.8 Å². The van der Waals surface area contributed by atoms with Crippen molar-refractivity contribution >= 4 is 10.8 Å². The Labute approximate surface area is 116 Å². The highest BCUT2D eigenvalue weighted by Crippen LogP contribution is 2.34. The molecule has 5 unspecified atom stereocenters. The van der Waals surface area contributed by atoms with E-state index in [0.29, 0.717) is 22.5 Å². The van der Waals surface area contributed by atoms with Gasteiger partial charge < -0.3 is 5.32 Å². The van der Waals surface area contributed by atoms with Gasteiger partial charge in [-0.3, -0.25) is 4.21 Å². The first-order valence-corrected chi connectivity index (χ1v) is 8.72. The van der Waals surface area contributed by atoms with Crippen LogP contribution in [0.1, 0.15) is 53.9 Å². The minimum absolute atomic E-state index is 0.303. The van der Waals surface area contributed by atoms with E-state index in [-0.39, 0.29) is 0 Å². The highest BCUT2D eigenvalue weighted by atomic mass is 32.2. The molecular weight excluding hydrogens is 242 g/mol. The first-order chi connectivity index (χ1) is 8.38. The van der Waals surface area contributed by atoms with E-state index in [1.165, 1.54) is 12.8 Å². The molecule has 0 spiro atoms. The van der Waals surface area contributed by atoms with E-state index in [2.05, 4.69) is 39.9 Å². The third-order valence-corrected chi connectivity index (χ3v) is 7.14. The van der Waals surface area contributed by atoms with Crippen molar-refractivity contribution in [3.05, 3.63) is 0 Å². The molecule has 0 heterocycles. The lowest BCUT2D eigenvalue weighted by molar-refractivity contribution is 0.248. The van der Waals surface area contributed by atoms with E-state index in [0.717, 1.165) is 18.3 Å². The third-order valence-electron chi connectivity index (χ3n) is 4.75. The van der Waals surface area contributed by atoms with Gasteiger partial charge in [0, 0.05) is 22.1 Å². The van der Waals surface area contributed by atoms with E-state index in [9.17, 15) is 4.21 Å². The van der Waals surface area contributed by atoms with Gasteiger partial charge in [0.1, 0.15) is 0 Å². The zero-order valence-corrected chi connectivity index (χ0v) is 13.7. The van der Waals surface area contributed by atoms with Gasteiger partial charge in [0.25, 0.3) is 0 Å². The van der Waals surface area contributed by atoms with Gasteiger partial charge >= 0.3 is 0 Å². The fourth-order valence-electron chi connectivity index (χ4n) is 2.90. The summed E-state index contributed by atoms with van der Waals surface area (Å²) in [7, 11) is 1.31. The average Bonchev–Trinajstić information content (AvgIpc) is 2.35. The van der Waals surface area contributed by atoms with Crippen molar-refractivity contribution in [3.63, 3.8) is 0 Å². The van der Waals surface area contributed by atoms with Crippen molar-refractivity contribution in [1.82, 2.24) is 5.32 Å². The lowest BCUT2D eigenvalue weighted by Crippen LogP contribution is -2.48. The molecule has 1 rings (SSSR count). The molecule has 0 bridgehead atoms. The molecule has 1 saturated carbocycles. The summed E-state index contributed by atoms with van der Waals surface area (Å²) in [6, 6.07) is 0.446. The number of nitrogens with one attached hydrogen (secondary N) is 1. The topological polar surface area (TPSA) is 29.1 Å². The van der Waals surface area contributed by atoms with Gasteiger partial charge in [-0.25, -0.2) is 0 Å². The molecule has 0 saturated heterocycles. The summed E-state index contributed by atoms with van der Waals surface area (Å²) in [5.41, 5.74) is 0. The molecule has 1 N–H and O–H groups in total. The Bertz CT molecular complexity index is 278. The summed E-state index contributed by atoms with van der Waals surface area (Å²) in [5.74, 6) is 1.97. The second-order valence-corrected chi connectivity index (χ2v) is 8.53. The van der Waals surface area contributed by atoms with Crippen molar-refractivity contribution in [3.8, 4) is 0 Å². The molecule has 3 heteroatoms. The largest absolute Gasteiger partial charge is 0.316 e. The summed E-state index contributed by atoms with van der Waals surface area (Å²) in [6.45, 7) is 11.1. The number of hydrogen-bond acceptors (Lipinski definition) is 2. The Morgan fingerprint density at radius 3 is 2.17 bits per heavy atom. The maximum atomic E-state index is 12.7. The van der Waals surface area contributed by atoms with Crippen LogP contribution in [0.5, 0.6) is 0 Å². The molecule has 1 aliphatic carbocycles. The molecule has 0 radical (unpaired) electrons. The molecule has 0 aromatic rings. The first kappa shape index (κ1) is 16.2. The third kappa shape index (κ3) is 3.80. The van der Waals surface area contributed by atoms with Gasteiger partial charge in [0.15, 0.2) is 0 Å². The molecule has 0 aromatic heterocycles. The van der Waals surface area contributed by atoms with Crippen LogP contribution >= 0.6 is 0 Å². The molecule has 0 aliphatic heterocycles. The van der Waals surface area contributed by atoms with Gasteiger partial charge in [0.05, 0.1) is 5.25 Å². The highest BCUT2D eigenvalue weighted by Gasteiger charge is 2.36. The summed E-state index contributed by atoms with van der Waals surface area (Å²) in [5, 5.41) is 4.04. The van der Waals surface area contributed by atoms with Gasteiger partial charge in [-0.15, -0.1) is 0 Å². The Kier molecular flexibility index (Phi) is 6.32. The first-order valence-electron chi connectivity index (χ1n) is 7.45. The molecule has 1 fully saturated rings. The fourth-order valence-corrected chi connectivity index (χ4v) is 5.02. The van der Waals surface area contributed by atoms with Crippen LogP contribution in [-0.4, -0.2) is 27.8 Å². The normalized spacial score (nSPS) is 32.8. The summed E-state index contributed by atoms with van der Waals surface area (Å²) < 4.78 is 12.7. The van der Waals surface area contributed by atoms with Crippen molar-refractivity contribution < 1.29 is 4.21 Å². The second-order valence-electron chi connectivity index (χ2n) is 6.53. The maximum Gasteiger partial charge on any atom is 0.0506 e. The van der Waals surface area contributed by atoms with Crippen molar-refractivity contribution in [1.29, 1.82) is 0 Å². The maximum absolute atomic E-state index is 12.7. The van der Waals surface area contributed by atoms with Crippen molar-refractivity contribution in [2.45, 2.75) is 70.4 Å². The van der Waals surface area contributed by atoms with Crippen molar-refractivity contribution in [2.75, 3.05) is 7.05 Å². The minimum Gasteiger partial charge on any atom is -0.316 e. The average molecular weight is 273 g/mol. The monoisotopic (exact) mass is 273 g/mol. The molecular formula is C15H31NOS. The number of hydrogen-bond donors (Lipinski definition) is 1. The second kappa shape index (κ2) is 7.04. The SMILES string of the molecule is CNC1CCC(C(C)C)CC1S(=O)C(C)C(C)C. The Balaban J connectivity index is 2.76. The van der Waals surface area contributed by atoms with Crippen LogP contribution in [0.4, 0.5) is 0 Å². The lowest BCUT2D eigenvalue weighted by atomic mass is 9.79. The smallest absolute Gasteiger partial charge is 0.0506 e.